The van der Waals surface area contributed by atoms with Crippen LogP contribution >= 0.6 is 0 Å². The smallest absolute Gasteiger partial charge is 0.311 e. The lowest BCUT2D eigenvalue weighted by molar-refractivity contribution is -0.291. The van der Waals surface area contributed by atoms with Crippen LogP contribution < -0.4 is 0 Å². The Bertz CT molecular complexity index is 629. The quantitative estimate of drug-likeness (QED) is 0.0641. The van der Waals surface area contributed by atoms with Gasteiger partial charge in [0.1, 0.15) is 0 Å². The Kier molecular flexibility index (Phi) is 18.6. The molecule has 0 radical (unpaired) electrons. The summed E-state index contributed by atoms with van der Waals surface area (Å²) in [5, 5.41) is 30.2. The molecule has 7 nitrogen and oxygen atoms in total. The molecular formula is C30H54O7. The third-order valence-corrected chi connectivity index (χ3v) is 7.69. The lowest BCUT2D eigenvalue weighted by Crippen LogP contribution is -2.57. The van der Waals surface area contributed by atoms with E-state index in [9.17, 15) is 24.9 Å². The van der Waals surface area contributed by atoms with Crippen LogP contribution in [0.5, 0.6) is 0 Å². The molecule has 1 aliphatic rings. The molecule has 7 heteroatoms. The molecule has 0 saturated heterocycles. The van der Waals surface area contributed by atoms with Crippen LogP contribution in [0, 0.1) is 5.41 Å². The molecule has 216 valence electrons. The first kappa shape index (κ1) is 33.6. The summed E-state index contributed by atoms with van der Waals surface area (Å²) in [5.41, 5.74) is -1.28. The molecule has 37 heavy (non-hydrogen) atoms. The average Bonchev–Trinajstić information content (AvgIpc) is 2.89. The van der Waals surface area contributed by atoms with E-state index in [2.05, 4.69) is 6.92 Å². The first-order chi connectivity index (χ1) is 17.9. The maximum atomic E-state index is 12.2. The minimum absolute atomic E-state index is 0.145. The van der Waals surface area contributed by atoms with E-state index < -0.39 is 36.4 Å². The predicted octanol–water partition coefficient (Wildman–Crippen LogP) is 6.47. The average molecular weight is 527 g/mol. The fourth-order valence-electron chi connectivity index (χ4n) is 5.05. The zero-order valence-electron chi connectivity index (χ0n) is 23.4. The van der Waals surface area contributed by atoms with Crippen molar-refractivity contribution in [1.82, 2.24) is 0 Å². The zero-order valence-corrected chi connectivity index (χ0v) is 23.4. The van der Waals surface area contributed by atoms with Gasteiger partial charge < -0.3 is 24.8 Å². The normalized spacial score (nSPS) is 19.2. The van der Waals surface area contributed by atoms with E-state index in [-0.39, 0.29) is 19.3 Å². The first-order valence-electron chi connectivity index (χ1n) is 14.9. The lowest BCUT2D eigenvalue weighted by Gasteiger charge is -2.47. The molecule has 1 unspecified atom stereocenters. The first-order valence-corrected chi connectivity index (χ1v) is 14.9. The number of allylic oxidation sites excluding steroid dienone is 1. The molecule has 0 spiro atoms. The van der Waals surface area contributed by atoms with Crippen molar-refractivity contribution in [2.45, 2.75) is 148 Å². The van der Waals surface area contributed by atoms with Crippen molar-refractivity contribution in [3.63, 3.8) is 0 Å². The van der Waals surface area contributed by atoms with E-state index in [0.29, 0.717) is 12.8 Å². The molecule has 0 bridgehead atoms. The molecule has 0 amide bonds. The second-order valence-corrected chi connectivity index (χ2v) is 10.8. The van der Waals surface area contributed by atoms with Crippen LogP contribution in [0.2, 0.25) is 0 Å². The largest absolute Gasteiger partial charge is 0.435 e. The fraction of sp³-hybridized carbons (Fsp3) is 0.867. The van der Waals surface area contributed by atoms with Crippen LogP contribution in [-0.2, 0) is 19.1 Å². The van der Waals surface area contributed by atoms with E-state index in [1.165, 1.54) is 89.7 Å². The number of carbonyl (C=O) groups is 2. The van der Waals surface area contributed by atoms with Gasteiger partial charge in [-0.15, -0.1) is 0 Å². The van der Waals surface area contributed by atoms with E-state index in [4.69, 9.17) is 9.47 Å². The molecule has 0 aromatic heterocycles. The van der Waals surface area contributed by atoms with E-state index in [1.807, 2.05) is 6.08 Å². The van der Waals surface area contributed by atoms with Crippen molar-refractivity contribution < 1.29 is 34.4 Å². The van der Waals surface area contributed by atoms with Gasteiger partial charge in [0.2, 0.25) is 5.79 Å². The number of hydrogen-bond donors (Lipinski definition) is 3. The fourth-order valence-corrected chi connectivity index (χ4v) is 5.05. The summed E-state index contributed by atoms with van der Waals surface area (Å²) in [7, 11) is 0. The van der Waals surface area contributed by atoms with Crippen LogP contribution in [0.1, 0.15) is 142 Å². The number of esters is 2. The Labute approximate surface area is 225 Å². The summed E-state index contributed by atoms with van der Waals surface area (Å²) >= 11 is 0. The molecule has 0 aromatic carbocycles. The Hall–Kier alpha value is -1.44. The number of ether oxygens (including phenoxy) is 2. The van der Waals surface area contributed by atoms with E-state index >= 15 is 0 Å². The van der Waals surface area contributed by atoms with Gasteiger partial charge >= 0.3 is 11.9 Å². The highest BCUT2D eigenvalue weighted by molar-refractivity contribution is 5.78. The molecule has 1 aliphatic carbocycles. The van der Waals surface area contributed by atoms with Gasteiger partial charge in [0.05, 0.1) is 37.7 Å². The SMILES string of the molecule is CCCCCCCCCCCCCCCCC=COC(=O)CCC(=O)OC1(O)CCCCC1(CO)CO. The van der Waals surface area contributed by atoms with Crippen LogP contribution in [0.25, 0.3) is 0 Å². The monoisotopic (exact) mass is 526 g/mol. The highest BCUT2D eigenvalue weighted by Gasteiger charge is 2.54. The van der Waals surface area contributed by atoms with Gasteiger partial charge in [-0.2, -0.15) is 0 Å². The van der Waals surface area contributed by atoms with Crippen LogP contribution in [-0.4, -0.2) is 46.3 Å². The van der Waals surface area contributed by atoms with Crippen LogP contribution in [0.15, 0.2) is 12.3 Å². The third kappa shape index (κ3) is 13.8. The minimum Gasteiger partial charge on any atom is -0.435 e. The second-order valence-electron chi connectivity index (χ2n) is 10.8. The third-order valence-electron chi connectivity index (χ3n) is 7.69. The Morgan fingerprint density at radius 1 is 0.730 bits per heavy atom. The lowest BCUT2D eigenvalue weighted by atomic mass is 9.70. The van der Waals surface area contributed by atoms with Crippen LogP contribution in [0.3, 0.4) is 0 Å². The summed E-state index contributed by atoms with van der Waals surface area (Å²) in [5.74, 6) is -3.22. The number of carbonyl (C=O) groups excluding carboxylic acids is 2. The van der Waals surface area contributed by atoms with Gasteiger partial charge in [-0.1, -0.05) is 96.8 Å². The summed E-state index contributed by atoms with van der Waals surface area (Å²) in [6.45, 7) is 1.29. The Morgan fingerprint density at radius 2 is 1.22 bits per heavy atom. The van der Waals surface area contributed by atoms with Crippen molar-refractivity contribution >= 4 is 11.9 Å². The summed E-state index contributed by atoms with van der Waals surface area (Å²) in [6.07, 6.45) is 24.0. The van der Waals surface area contributed by atoms with Crippen molar-refractivity contribution in [2.24, 2.45) is 5.41 Å². The number of aliphatic hydroxyl groups is 3. The minimum atomic E-state index is -1.93. The van der Waals surface area contributed by atoms with Crippen LogP contribution in [0.4, 0.5) is 0 Å². The maximum absolute atomic E-state index is 12.2. The predicted molar refractivity (Wildman–Crippen MR) is 146 cm³/mol. The highest BCUT2D eigenvalue weighted by atomic mass is 16.7. The zero-order chi connectivity index (χ0) is 27.2. The molecule has 0 aromatic rings. The molecule has 3 N–H and O–H groups in total. The van der Waals surface area contributed by atoms with Gasteiger partial charge in [0, 0.05) is 6.42 Å². The molecule has 1 atom stereocenters. The molecule has 0 aliphatic heterocycles. The number of aliphatic hydroxyl groups excluding tert-OH is 2. The van der Waals surface area contributed by atoms with Crippen molar-refractivity contribution in [3.8, 4) is 0 Å². The molecule has 1 rings (SSSR count). The second kappa shape index (κ2) is 20.5. The Morgan fingerprint density at radius 3 is 1.76 bits per heavy atom. The molecule has 1 fully saturated rings. The number of unbranched alkanes of at least 4 members (excludes halogenated alkanes) is 14. The van der Waals surface area contributed by atoms with Gasteiger partial charge in [-0.05, 0) is 31.8 Å². The van der Waals surface area contributed by atoms with Crippen molar-refractivity contribution in [2.75, 3.05) is 13.2 Å². The van der Waals surface area contributed by atoms with Gasteiger partial charge in [-0.25, -0.2) is 0 Å². The maximum Gasteiger partial charge on any atom is 0.311 e. The van der Waals surface area contributed by atoms with Gasteiger partial charge in [0.25, 0.3) is 0 Å². The molecular weight excluding hydrogens is 472 g/mol. The van der Waals surface area contributed by atoms with Gasteiger partial charge in [0.15, 0.2) is 0 Å². The van der Waals surface area contributed by atoms with Crippen molar-refractivity contribution in [1.29, 1.82) is 0 Å². The number of hydrogen-bond acceptors (Lipinski definition) is 7. The van der Waals surface area contributed by atoms with E-state index in [1.54, 1.807) is 0 Å². The number of rotatable bonds is 22. The summed E-state index contributed by atoms with van der Waals surface area (Å²) in [6, 6.07) is 0. The molecule has 1 saturated carbocycles. The van der Waals surface area contributed by atoms with Crippen molar-refractivity contribution in [3.05, 3.63) is 12.3 Å². The highest BCUT2D eigenvalue weighted by Crippen LogP contribution is 2.44. The standard InChI is InChI=1S/C30H54O7/c1-2-3-4-5-6-7-8-9-10-11-12-13-14-15-16-19-24-36-27(33)20-21-28(34)37-30(35)23-18-17-22-29(30,25-31)26-32/h19,24,31-32,35H,2-18,20-23,25-26H2,1H3. The van der Waals surface area contributed by atoms with Gasteiger partial charge in [-0.3, -0.25) is 9.59 Å². The summed E-state index contributed by atoms with van der Waals surface area (Å²) in [4.78, 5) is 24.1. The summed E-state index contributed by atoms with van der Waals surface area (Å²) < 4.78 is 10.3. The topological polar surface area (TPSA) is 113 Å². The molecule has 0 heterocycles. The van der Waals surface area contributed by atoms with E-state index in [0.717, 1.165) is 19.3 Å². The Balaban J connectivity index is 2.02.